The number of carbonyl (C=O) groups is 2. The van der Waals surface area contributed by atoms with Gasteiger partial charge in [0.1, 0.15) is 11.6 Å². The highest BCUT2D eigenvalue weighted by Crippen LogP contribution is 2.27. The lowest BCUT2D eigenvalue weighted by Gasteiger charge is -2.10. The highest BCUT2D eigenvalue weighted by atomic mass is 35.5. The number of benzene rings is 2. The predicted octanol–water partition coefficient (Wildman–Crippen LogP) is 3.71. The van der Waals surface area contributed by atoms with E-state index in [4.69, 9.17) is 39.5 Å². The highest BCUT2D eigenvalue weighted by Gasteiger charge is 2.15. The first-order chi connectivity index (χ1) is 12.4. The largest absolute Gasteiger partial charge is 0.482 e. The van der Waals surface area contributed by atoms with Crippen molar-refractivity contribution in [3.8, 4) is 5.75 Å². The molecule has 0 radical (unpaired) electrons. The Morgan fingerprint density at radius 2 is 1.73 bits per heavy atom. The minimum absolute atomic E-state index is 0.0137. The van der Waals surface area contributed by atoms with Gasteiger partial charge in [0.05, 0.1) is 15.6 Å². The number of nitrogens with one attached hydrogen (secondary N) is 2. The van der Waals surface area contributed by atoms with Gasteiger partial charge in [-0.15, -0.1) is 0 Å². The lowest BCUT2D eigenvalue weighted by molar-refractivity contribution is -0.123. The molecule has 2 amide bonds. The Morgan fingerprint density at radius 3 is 2.42 bits per heavy atom. The van der Waals surface area contributed by atoms with Crippen molar-refractivity contribution in [2.75, 3.05) is 19.7 Å². The minimum atomic E-state index is -0.715. The maximum atomic E-state index is 13.6. The lowest BCUT2D eigenvalue weighted by Crippen LogP contribution is -2.37. The third-order valence-electron chi connectivity index (χ3n) is 3.18. The fourth-order valence-electron chi connectivity index (χ4n) is 1.97. The monoisotopic (exact) mass is 418 g/mol. The van der Waals surface area contributed by atoms with Crippen LogP contribution in [0.5, 0.6) is 5.75 Å². The Kier molecular flexibility index (Phi) is 7.50. The van der Waals surface area contributed by atoms with Crippen molar-refractivity contribution in [1.82, 2.24) is 10.6 Å². The topological polar surface area (TPSA) is 67.4 Å². The SMILES string of the molecule is O=C(COc1ccc(Cl)cc1Cl)NCCNC(=O)c1c(F)cccc1Cl. The van der Waals surface area contributed by atoms with Crippen molar-refractivity contribution >= 4 is 46.6 Å². The summed E-state index contributed by atoms with van der Waals surface area (Å²) in [5.74, 6) is -1.46. The molecule has 0 heterocycles. The summed E-state index contributed by atoms with van der Waals surface area (Å²) < 4.78 is 18.9. The first kappa shape index (κ1) is 20.3. The summed E-state index contributed by atoms with van der Waals surface area (Å²) in [5.41, 5.74) is -0.235. The summed E-state index contributed by atoms with van der Waals surface area (Å²) in [5, 5.41) is 5.78. The van der Waals surface area contributed by atoms with Gasteiger partial charge >= 0.3 is 0 Å². The quantitative estimate of drug-likeness (QED) is 0.672. The fraction of sp³-hybridized carbons (Fsp3) is 0.176. The van der Waals surface area contributed by atoms with Crippen molar-refractivity contribution in [3.05, 3.63) is 62.8 Å². The molecular weight excluding hydrogens is 406 g/mol. The zero-order chi connectivity index (χ0) is 19.1. The summed E-state index contributed by atoms with van der Waals surface area (Å²) in [6.07, 6.45) is 0. The molecule has 9 heteroatoms. The molecule has 0 saturated heterocycles. The van der Waals surface area contributed by atoms with Crippen molar-refractivity contribution < 1.29 is 18.7 Å². The van der Waals surface area contributed by atoms with Gasteiger partial charge in [-0.1, -0.05) is 40.9 Å². The molecule has 0 bridgehead atoms. The van der Waals surface area contributed by atoms with Gasteiger partial charge in [0.2, 0.25) is 0 Å². The highest BCUT2D eigenvalue weighted by molar-refractivity contribution is 6.35. The third-order valence-corrected chi connectivity index (χ3v) is 4.02. The molecule has 2 aromatic rings. The normalized spacial score (nSPS) is 10.3. The Morgan fingerprint density at radius 1 is 1.00 bits per heavy atom. The number of halogens is 4. The molecule has 0 aliphatic rings. The van der Waals surface area contributed by atoms with Crippen LogP contribution in [0.3, 0.4) is 0 Å². The molecule has 0 aliphatic heterocycles. The van der Waals surface area contributed by atoms with Gasteiger partial charge in [-0.25, -0.2) is 4.39 Å². The summed E-state index contributed by atoms with van der Waals surface area (Å²) in [6.45, 7) is -0.0280. The van der Waals surface area contributed by atoms with E-state index >= 15 is 0 Å². The Balaban J connectivity index is 1.72. The standard InChI is InChI=1S/C17H14Cl3FN2O3/c18-10-4-5-14(12(20)8-10)26-9-15(24)22-6-7-23-17(25)16-11(19)2-1-3-13(16)21/h1-5,8H,6-7,9H2,(H,22,24)(H,23,25). The Bertz CT molecular complexity index is 798. The second kappa shape index (κ2) is 9.62. The minimum Gasteiger partial charge on any atom is -0.482 e. The van der Waals surface area contributed by atoms with Crippen LogP contribution in [0.25, 0.3) is 0 Å². The van der Waals surface area contributed by atoms with Crippen LogP contribution in [0, 0.1) is 5.82 Å². The van der Waals surface area contributed by atoms with E-state index in [1.54, 1.807) is 12.1 Å². The molecular formula is C17H14Cl3FN2O3. The average molecular weight is 420 g/mol. The van der Waals surface area contributed by atoms with Gasteiger partial charge in [0, 0.05) is 18.1 Å². The second-order valence-corrected chi connectivity index (χ2v) is 6.32. The second-order valence-electron chi connectivity index (χ2n) is 5.07. The molecule has 26 heavy (non-hydrogen) atoms. The van der Waals surface area contributed by atoms with Crippen LogP contribution in [-0.2, 0) is 4.79 Å². The Hall–Kier alpha value is -2.02. The van der Waals surface area contributed by atoms with Crippen LogP contribution < -0.4 is 15.4 Å². The van der Waals surface area contributed by atoms with Gasteiger partial charge in [-0.3, -0.25) is 9.59 Å². The van der Waals surface area contributed by atoms with E-state index in [0.717, 1.165) is 6.07 Å². The van der Waals surface area contributed by atoms with Crippen molar-refractivity contribution in [2.24, 2.45) is 0 Å². The number of rotatable bonds is 7. The van der Waals surface area contributed by atoms with Gasteiger partial charge in [-0.2, -0.15) is 0 Å². The zero-order valence-corrected chi connectivity index (χ0v) is 15.6. The van der Waals surface area contributed by atoms with Crippen molar-refractivity contribution in [1.29, 1.82) is 0 Å². The van der Waals surface area contributed by atoms with Crippen LogP contribution in [0.15, 0.2) is 36.4 Å². The first-order valence-corrected chi connectivity index (χ1v) is 8.58. The van der Waals surface area contributed by atoms with Gasteiger partial charge in [-0.05, 0) is 30.3 Å². The van der Waals surface area contributed by atoms with E-state index in [9.17, 15) is 14.0 Å². The predicted molar refractivity (Wildman–Crippen MR) is 98.7 cm³/mol. The molecule has 2 N–H and O–H groups in total. The average Bonchev–Trinajstić information content (AvgIpc) is 2.58. The summed E-state index contributed by atoms with van der Waals surface area (Å²) in [6, 6.07) is 8.60. The van der Waals surface area contributed by atoms with E-state index in [2.05, 4.69) is 10.6 Å². The number of carbonyl (C=O) groups excluding carboxylic acids is 2. The Labute approximate surface area is 164 Å². The van der Waals surface area contributed by atoms with E-state index in [1.165, 1.54) is 18.2 Å². The smallest absolute Gasteiger partial charge is 0.258 e. The van der Waals surface area contributed by atoms with Gasteiger partial charge < -0.3 is 15.4 Å². The van der Waals surface area contributed by atoms with Gasteiger partial charge in [0.25, 0.3) is 11.8 Å². The van der Waals surface area contributed by atoms with E-state index < -0.39 is 17.6 Å². The molecule has 0 aromatic heterocycles. The van der Waals surface area contributed by atoms with Crippen molar-refractivity contribution in [2.45, 2.75) is 0 Å². The van der Waals surface area contributed by atoms with Gasteiger partial charge in [0.15, 0.2) is 6.61 Å². The van der Waals surface area contributed by atoms with E-state index in [1.807, 2.05) is 0 Å². The third kappa shape index (κ3) is 5.76. The van der Waals surface area contributed by atoms with Crippen molar-refractivity contribution in [3.63, 3.8) is 0 Å². The van der Waals surface area contributed by atoms with Crippen LogP contribution in [-0.4, -0.2) is 31.5 Å². The summed E-state index contributed by atoms with van der Waals surface area (Å²) in [4.78, 5) is 23.6. The lowest BCUT2D eigenvalue weighted by atomic mass is 10.2. The molecule has 138 valence electrons. The van der Waals surface area contributed by atoms with E-state index in [0.29, 0.717) is 15.8 Å². The maximum absolute atomic E-state index is 13.6. The number of amides is 2. The zero-order valence-electron chi connectivity index (χ0n) is 13.3. The summed E-state index contributed by atoms with van der Waals surface area (Å²) in [7, 11) is 0. The van der Waals surface area contributed by atoms with Crippen LogP contribution in [0.2, 0.25) is 15.1 Å². The molecule has 2 rings (SSSR count). The van der Waals surface area contributed by atoms with Crippen LogP contribution in [0.4, 0.5) is 4.39 Å². The fourth-order valence-corrected chi connectivity index (χ4v) is 2.68. The molecule has 0 saturated carbocycles. The number of ether oxygens (including phenoxy) is 1. The molecule has 0 fully saturated rings. The molecule has 5 nitrogen and oxygen atoms in total. The molecule has 0 unspecified atom stereocenters. The summed E-state index contributed by atoms with van der Waals surface area (Å²) >= 11 is 17.5. The molecule has 2 aromatic carbocycles. The van der Waals surface area contributed by atoms with Crippen LogP contribution >= 0.6 is 34.8 Å². The first-order valence-electron chi connectivity index (χ1n) is 7.45. The molecule has 0 atom stereocenters. The number of hydrogen-bond donors (Lipinski definition) is 2. The van der Waals surface area contributed by atoms with E-state index in [-0.39, 0.29) is 30.3 Å². The number of hydrogen-bond acceptors (Lipinski definition) is 3. The van der Waals surface area contributed by atoms with Crippen LogP contribution in [0.1, 0.15) is 10.4 Å². The maximum Gasteiger partial charge on any atom is 0.258 e. The molecule has 0 aliphatic carbocycles. The molecule has 0 spiro atoms.